The number of rotatable bonds is 3. The minimum Gasteiger partial charge on any atom is -1.00 e. The van der Waals surface area contributed by atoms with Crippen molar-refractivity contribution in [3.8, 4) is 11.1 Å². The first kappa shape index (κ1) is 30.4. The minimum atomic E-state index is -0.976. The number of hydrogen-bond donors (Lipinski definition) is 0. The second-order valence-electron chi connectivity index (χ2n) is 10.2. The summed E-state index contributed by atoms with van der Waals surface area (Å²) in [7, 11) is -0.976. The van der Waals surface area contributed by atoms with Crippen LogP contribution in [0.2, 0.25) is 13.1 Å². The summed E-state index contributed by atoms with van der Waals surface area (Å²) in [6.45, 7) is 14.0. The van der Waals surface area contributed by atoms with Crippen molar-refractivity contribution in [2.24, 2.45) is 0 Å². The van der Waals surface area contributed by atoms with Crippen LogP contribution in [0.3, 0.4) is 0 Å². The van der Waals surface area contributed by atoms with Gasteiger partial charge in [-0.2, -0.15) is 17.4 Å². The standard InChI is InChI=1S/C20H21.C10H12SSi.2ClH.Zr/c1-4-15(3)16-8-10-17(11-9-16)19-7-5-6-18-12-14(2)13-20(18)19;1-6-9-7-4-11-5-8(7)10(6)12(9,2)3;;;/h5-13,15H,4H2,1-3H3;4-5,9H,1-3H3;2*1H;/q-1;;;;+3/p-2. The van der Waals surface area contributed by atoms with Crippen LogP contribution < -0.4 is 24.8 Å². The molecule has 1 aromatic heterocycles. The Morgan fingerprint density at radius 2 is 1.66 bits per heavy atom. The molecule has 2 unspecified atom stereocenters. The van der Waals surface area contributed by atoms with Crippen LogP contribution in [-0.4, -0.2) is 8.07 Å². The van der Waals surface area contributed by atoms with Gasteiger partial charge in [0.05, 0.1) is 8.07 Å². The summed E-state index contributed by atoms with van der Waals surface area (Å²) in [6.07, 6.45) is 1.19. The molecule has 0 N–H and O–H groups in total. The molecule has 3 aromatic carbocycles. The molecule has 2 bridgehead atoms. The minimum absolute atomic E-state index is 0. The van der Waals surface area contributed by atoms with E-state index < -0.39 is 8.07 Å². The van der Waals surface area contributed by atoms with E-state index >= 15 is 0 Å². The molecule has 5 heteroatoms. The third-order valence-electron chi connectivity index (χ3n) is 7.76. The smallest absolute Gasteiger partial charge is 1.00 e. The molecule has 181 valence electrons. The number of hydrogen-bond acceptors (Lipinski definition) is 1. The van der Waals surface area contributed by atoms with Gasteiger partial charge in [0.15, 0.2) is 0 Å². The second kappa shape index (κ2) is 11.7. The van der Waals surface area contributed by atoms with Crippen molar-refractivity contribution in [3.05, 3.63) is 93.2 Å². The van der Waals surface area contributed by atoms with Crippen LogP contribution in [0.1, 0.15) is 60.9 Å². The molecular weight excluding hydrogens is 583 g/mol. The fourth-order valence-corrected chi connectivity index (χ4v) is 11.5. The Morgan fingerprint density at radius 1 is 0.971 bits per heavy atom. The van der Waals surface area contributed by atoms with Crippen molar-refractivity contribution in [2.45, 2.75) is 58.7 Å². The van der Waals surface area contributed by atoms with Gasteiger partial charge in [-0.15, -0.1) is 34.5 Å². The average molecular weight is 616 g/mol. The van der Waals surface area contributed by atoms with Crippen molar-refractivity contribution in [2.75, 3.05) is 0 Å². The van der Waals surface area contributed by atoms with E-state index in [1.807, 2.05) is 11.3 Å². The van der Waals surface area contributed by atoms with Gasteiger partial charge in [0.1, 0.15) is 0 Å². The van der Waals surface area contributed by atoms with Crippen molar-refractivity contribution in [1.29, 1.82) is 0 Å². The van der Waals surface area contributed by atoms with Gasteiger partial charge >= 0.3 is 26.2 Å². The number of thiophene rings is 1. The summed E-state index contributed by atoms with van der Waals surface area (Å²) >= 11 is 1.87. The largest absolute Gasteiger partial charge is 3.00 e. The van der Waals surface area contributed by atoms with Crippen LogP contribution >= 0.6 is 11.3 Å². The molecular formula is C30H33Cl2SSiZr. The molecule has 0 spiro atoms. The predicted octanol–water partition coefficient (Wildman–Crippen LogP) is 3.47. The molecule has 2 atom stereocenters. The number of aryl methyl sites for hydroxylation is 1. The second-order valence-corrected chi connectivity index (χ2v) is 15.5. The quantitative estimate of drug-likeness (QED) is 0.245. The fourth-order valence-electron chi connectivity index (χ4n) is 6.04. The molecule has 0 saturated carbocycles. The van der Waals surface area contributed by atoms with E-state index in [2.05, 4.69) is 106 Å². The van der Waals surface area contributed by atoms with E-state index in [9.17, 15) is 0 Å². The first-order valence-corrected chi connectivity index (χ1v) is 15.9. The molecule has 4 aromatic rings. The topological polar surface area (TPSA) is 0 Å². The molecule has 1 radical (unpaired) electrons. The van der Waals surface area contributed by atoms with Crippen LogP contribution in [0.4, 0.5) is 0 Å². The number of allylic oxidation sites excluding steroid dienone is 1. The Labute approximate surface area is 247 Å². The number of halogens is 2. The van der Waals surface area contributed by atoms with Gasteiger partial charge in [-0.05, 0) is 52.3 Å². The molecule has 1 aliphatic carbocycles. The summed E-state index contributed by atoms with van der Waals surface area (Å²) in [5.74, 6) is 0.640. The van der Waals surface area contributed by atoms with Gasteiger partial charge in [-0.3, -0.25) is 0 Å². The summed E-state index contributed by atoms with van der Waals surface area (Å²) in [6, 6.07) is 20.2. The maximum atomic E-state index is 2.50. The van der Waals surface area contributed by atoms with Gasteiger partial charge in [-0.25, -0.2) is 0 Å². The Hall–Kier alpha value is -0.830. The summed E-state index contributed by atoms with van der Waals surface area (Å²) in [4.78, 5) is 0. The van der Waals surface area contributed by atoms with Crippen LogP contribution in [-0.2, 0) is 26.2 Å². The van der Waals surface area contributed by atoms with Crippen molar-refractivity contribution < 1.29 is 51.0 Å². The molecule has 3 aliphatic rings. The maximum absolute atomic E-state index is 2.50. The monoisotopic (exact) mass is 613 g/mol. The molecule has 35 heavy (non-hydrogen) atoms. The normalized spacial score (nSPS) is 17.1. The summed E-state index contributed by atoms with van der Waals surface area (Å²) in [5, 5.41) is 9.17. The van der Waals surface area contributed by atoms with E-state index in [-0.39, 0.29) is 51.0 Å². The zero-order valence-electron chi connectivity index (χ0n) is 21.4. The predicted molar refractivity (Wildman–Crippen MR) is 146 cm³/mol. The van der Waals surface area contributed by atoms with Gasteiger partial charge in [-0.1, -0.05) is 80.5 Å². The average Bonchev–Trinajstić information content (AvgIpc) is 3.49. The van der Waals surface area contributed by atoms with E-state index in [4.69, 9.17) is 0 Å². The third kappa shape index (κ3) is 5.14. The summed E-state index contributed by atoms with van der Waals surface area (Å²) in [5.41, 5.74) is 11.3. The Bertz CT molecular complexity index is 1330. The van der Waals surface area contributed by atoms with E-state index in [0.29, 0.717) is 5.92 Å². The summed E-state index contributed by atoms with van der Waals surface area (Å²) < 4.78 is 0. The van der Waals surface area contributed by atoms with Crippen molar-refractivity contribution in [3.63, 3.8) is 0 Å². The molecule has 3 heterocycles. The van der Waals surface area contributed by atoms with E-state index in [1.54, 1.807) is 21.9 Å². The van der Waals surface area contributed by atoms with Gasteiger partial charge in [0, 0.05) is 5.54 Å². The Morgan fingerprint density at radius 3 is 2.26 bits per heavy atom. The molecule has 0 saturated heterocycles. The van der Waals surface area contributed by atoms with Gasteiger partial charge in [0.2, 0.25) is 0 Å². The molecule has 0 amide bonds. The number of benzene rings is 2. The Balaban J connectivity index is 0.000000249. The Kier molecular flexibility index (Phi) is 10.2. The third-order valence-corrected chi connectivity index (χ3v) is 12.7. The van der Waals surface area contributed by atoms with E-state index in [0.717, 1.165) is 5.54 Å². The van der Waals surface area contributed by atoms with Crippen LogP contribution in [0.25, 0.3) is 27.1 Å². The van der Waals surface area contributed by atoms with Gasteiger partial charge in [0.25, 0.3) is 0 Å². The molecule has 2 aliphatic heterocycles. The van der Waals surface area contributed by atoms with Crippen LogP contribution in [0, 0.1) is 6.92 Å². The van der Waals surface area contributed by atoms with Crippen molar-refractivity contribution >= 4 is 35.4 Å². The zero-order valence-corrected chi connectivity index (χ0v) is 27.2. The number of fused-ring (bicyclic) bond motifs is 1. The van der Waals surface area contributed by atoms with Gasteiger partial charge < -0.3 is 24.8 Å². The van der Waals surface area contributed by atoms with Crippen LogP contribution in [0.5, 0.6) is 0 Å². The SMILES string of the molecule is CC1=C2c3cscc3C1[Si]2(C)C.CCC(C)c1ccc(-c2cccc3[cH-]c(C)cc23)cc1.[Cl-].[Cl-].[Zr+3]. The maximum Gasteiger partial charge on any atom is 3.00 e. The molecule has 7 rings (SSSR count). The zero-order chi connectivity index (χ0) is 22.6. The molecule has 0 nitrogen and oxygen atoms in total. The van der Waals surface area contributed by atoms with Crippen molar-refractivity contribution in [1.82, 2.24) is 0 Å². The van der Waals surface area contributed by atoms with Crippen LogP contribution in [0.15, 0.2) is 70.9 Å². The first-order valence-electron chi connectivity index (χ1n) is 11.9. The molecule has 0 fully saturated rings. The van der Waals surface area contributed by atoms with E-state index in [1.165, 1.54) is 39.4 Å². The first-order chi connectivity index (χ1) is 15.3. The fraction of sp³-hybridized carbons (Fsp3) is 0.300.